The third-order valence-electron chi connectivity index (χ3n) is 6.60. The second-order valence-electron chi connectivity index (χ2n) is 8.14. The summed E-state index contributed by atoms with van der Waals surface area (Å²) >= 11 is 0. The van der Waals surface area contributed by atoms with E-state index in [0.717, 1.165) is 29.0 Å². The summed E-state index contributed by atoms with van der Waals surface area (Å²) in [5.41, 5.74) is 3.15. The zero-order valence-electron chi connectivity index (χ0n) is 16.1. The molecule has 5 heteroatoms. The van der Waals surface area contributed by atoms with Crippen LogP contribution in [-0.4, -0.2) is 31.7 Å². The van der Waals surface area contributed by atoms with Crippen LogP contribution in [0.1, 0.15) is 46.7 Å². The molecule has 3 heterocycles. The average molecular weight is 378 g/mol. The molecule has 2 aromatic carbocycles. The lowest BCUT2D eigenvalue weighted by molar-refractivity contribution is 0.0965. The molecule has 0 spiro atoms. The Morgan fingerprint density at radius 3 is 2.71 bits per heavy atom. The lowest BCUT2D eigenvalue weighted by Gasteiger charge is -2.38. The number of amides is 1. The molecule has 5 rings (SSSR count). The summed E-state index contributed by atoms with van der Waals surface area (Å²) in [5, 5.41) is 6.64. The van der Waals surface area contributed by atoms with Crippen molar-refractivity contribution in [1.29, 1.82) is 0 Å². The summed E-state index contributed by atoms with van der Waals surface area (Å²) in [5.74, 6) is 2.56. The topological polar surface area (TPSA) is 59.6 Å². The Morgan fingerprint density at radius 1 is 1.07 bits per heavy atom. The number of carbonyl (C=O) groups is 1. The maximum absolute atomic E-state index is 11.9. The van der Waals surface area contributed by atoms with Crippen molar-refractivity contribution in [2.75, 3.05) is 13.7 Å². The first-order chi connectivity index (χ1) is 13.7. The number of ether oxygens (including phenoxy) is 2. The van der Waals surface area contributed by atoms with E-state index in [1.54, 1.807) is 7.11 Å². The van der Waals surface area contributed by atoms with Gasteiger partial charge in [-0.25, -0.2) is 0 Å². The second-order valence-corrected chi connectivity index (χ2v) is 8.14. The fourth-order valence-electron chi connectivity index (χ4n) is 5.08. The monoisotopic (exact) mass is 378 g/mol. The largest absolute Gasteiger partial charge is 0.497 e. The molecule has 5 nitrogen and oxygen atoms in total. The number of piperidine rings is 1. The SMILES string of the molecule is COc1ccc(C2CC3CCC(N3)C2COc2ccc3c(c2)C(=O)NC3)cc1. The lowest BCUT2D eigenvalue weighted by Crippen LogP contribution is -2.46. The number of methoxy groups -OCH3 is 1. The van der Waals surface area contributed by atoms with Gasteiger partial charge in [-0.1, -0.05) is 18.2 Å². The van der Waals surface area contributed by atoms with E-state index < -0.39 is 0 Å². The van der Waals surface area contributed by atoms with Crippen molar-refractivity contribution in [3.63, 3.8) is 0 Å². The van der Waals surface area contributed by atoms with E-state index in [-0.39, 0.29) is 5.91 Å². The zero-order valence-corrected chi connectivity index (χ0v) is 16.1. The molecule has 2 bridgehead atoms. The van der Waals surface area contributed by atoms with Crippen LogP contribution in [0, 0.1) is 5.92 Å². The first-order valence-electron chi connectivity index (χ1n) is 10.1. The number of fused-ring (bicyclic) bond motifs is 3. The van der Waals surface area contributed by atoms with Crippen LogP contribution in [0.5, 0.6) is 11.5 Å². The van der Waals surface area contributed by atoms with Crippen LogP contribution >= 0.6 is 0 Å². The fraction of sp³-hybridized carbons (Fsp3) is 0.435. The van der Waals surface area contributed by atoms with Crippen LogP contribution < -0.4 is 20.1 Å². The van der Waals surface area contributed by atoms with Crippen molar-refractivity contribution >= 4 is 5.91 Å². The molecule has 4 atom stereocenters. The predicted molar refractivity (Wildman–Crippen MR) is 107 cm³/mol. The molecule has 2 fully saturated rings. The summed E-state index contributed by atoms with van der Waals surface area (Å²) in [7, 11) is 1.70. The van der Waals surface area contributed by atoms with Crippen molar-refractivity contribution in [3.05, 3.63) is 59.2 Å². The molecule has 0 saturated carbocycles. The maximum Gasteiger partial charge on any atom is 0.252 e. The van der Waals surface area contributed by atoms with Gasteiger partial charge in [0, 0.05) is 30.1 Å². The molecule has 3 aliphatic rings. The van der Waals surface area contributed by atoms with Crippen LogP contribution in [0.3, 0.4) is 0 Å². The number of hydrogen-bond acceptors (Lipinski definition) is 4. The van der Waals surface area contributed by atoms with Crippen molar-refractivity contribution in [1.82, 2.24) is 10.6 Å². The molecule has 4 unspecified atom stereocenters. The summed E-state index contributed by atoms with van der Waals surface area (Å²) in [6, 6.07) is 15.5. The van der Waals surface area contributed by atoms with E-state index >= 15 is 0 Å². The summed E-state index contributed by atoms with van der Waals surface area (Å²) in [4.78, 5) is 11.9. The van der Waals surface area contributed by atoms with Crippen molar-refractivity contribution < 1.29 is 14.3 Å². The number of rotatable bonds is 5. The van der Waals surface area contributed by atoms with Crippen LogP contribution in [-0.2, 0) is 6.54 Å². The average Bonchev–Trinajstić information content (AvgIpc) is 3.30. The molecule has 2 saturated heterocycles. The molecule has 0 aromatic heterocycles. The normalized spacial score (nSPS) is 28.0. The smallest absolute Gasteiger partial charge is 0.252 e. The Bertz CT molecular complexity index is 880. The van der Waals surface area contributed by atoms with E-state index in [0.29, 0.717) is 37.1 Å². The van der Waals surface area contributed by atoms with E-state index in [9.17, 15) is 4.79 Å². The van der Waals surface area contributed by atoms with Crippen molar-refractivity contribution in [3.8, 4) is 11.5 Å². The molecule has 1 amide bonds. The quantitative estimate of drug-likeness (QED) is 0.839. The van der Waals surface area contributed by atoms with Crippen LogP contribution in [0.2, 0.25) is 0 Å². The number of nitrogens with one attached hydrogen (secondary N) is 2. The van der Waals surface area contributed by atoms with E-state index in [1.807, 2.05) is 18.2 Å². The van der Waals surface area contributed by atoms with Gasteiger partial charge >= 0.3 is 0 Å². The van der Waals surface area contributed by atoms with Gasteiger partial charge in [0.15, 0.2) is 0 Å². The molecule has 146 valence electrons. The fourth-order valence-corrected chi connectivity index (χ4v) is 5.08. The van der Waals surface area contributed by atoms with Crippen LogP contribution in [0.15, 0.2) is 42.5 Å². The highest BCUT2D eigenvalue weighted by atomic mass is 16.5. The molecular formula is C23H26N2O3. The van der Waals surface area contributed by atoms with E-state index in [4.69, 9.17) is 9.47 Å². The zero-order chi connectivity index (χ0) is 19.1. The Balaban J connectivity index is 1.35. The maximum atomic E-state index is 11.9. The number of carbonyl (C=O) groups excluding carboxylic acids is 1. The van der Waals surface area contributed by atoms with Gasteiger partial charge in [0.05, 0.1) is 13.7 Å². The second kappa shape index (κ2) is 7.13. The molecule has 28 heavy (non-hydrogen) atoms. The lowest BCUT2D eigenvalue weighted by atomic mass is 9.77. The van der Waals surface area contributed by atoms with Crippen LogP contribution in [0.4, 0.5) is 0 Å². The summed E-state index contributed by atoms with van der Waals surface area (Å²) in [6.07, 6.45) is 3.59. The third kappa shape index (κ3) is 3.14. The minimum Gasteiger partial charge on any atom is -0.497 e. The number of hydrogen-bond donors (Lipinski definition) is 2. The van der Waals surface area contributed by atoms with Gasteiger partial charge in [0.25, 0.3) is 5.91 Å². The first-order valence-corrected chi connectivity index (χ1v) is 10.1. The Morgan fingerprint density at radius 2 is 1.89 bits per heavy atom. The van der Waals surface area contributed by atoms with Crippen LogP contribution in [0.25, 0.3) is 0 Å². The highest BCUT2D eigenvalue weighted by Gasteiger charge is 2.42. The van der Waals surface area contributed by atoms with Gasteiger partial charge in [-0.05, 0) is 60.6 Å². The molecule has 0 radical (unpaired) electrons. The van der Waals surface area contributed by atoms with Gasteiger partial charge in [0.1, 0.15) is 11.5 Å². The number of benzene rings is 2. The van der Waals surface area contributed by atoms with E-state index in [2.05, 4.69) is 34.9 Å². The highest BCUT2D eigenvalue weighted by molar-refractivity contribution is 5.98. The summed E-state index contributed by atoms with van der Waals surface area (Å²) in [6.45, 7) is 1.27. The molecule has 0 aliphatic carbocycles. The van der Waals surface area contributed by atoms with Gasteiger partial charge in [0.2, 0.25) is 0 Å². The van der Waals surface area contributed by atoms with Gasteiger partial charge in [-0.2, -0.15) is 0 Å². The van der Waals surface area contributed by atoms with Crippen molar-refractivity contribution in [2.45, 2.75) is 43.8 Å². The van der Waals surface area contributed by atoms with Gasteiger partial charge in [-0.3, -0.25) is 4.79 Å². The Kier molecular flexibility index (Phi) is 4.47. The molecular weight excluding hydrogens is 352 g/mol. The van der Waals surface area contributed by atoms with Gasteiger partial charge < -0.3 is 20.1 Å². The minimum absolute atomic E-state index is 0.00507. The molecule has 3 aliphatic heterocycles. The highest BCUT2D eigenvalue weighted by Crippen LogP contribution is 2.42. The molecule has 2 N–H and O–H groups in total. The standard InChI is InChI=1S/C23H26N2O3/c1-27-17-6-2-14(3-7-17)19-10-16-5-9-22(25-16)21(19)13-28-18-8-4-15-12-24-23(26)20(15)11-18/h2-4,6-8,11,16,19,21-22,25H,5,9-10,12-13H2,1H3,(H,24,26). The van der Waals surface area contributed by atoms with Gasteiger partial charge in [-0.15, -0.1) is 0 Å². The first kappa shape index (κ1) is 17.6. The predicted octanol–water partition coefficient (Wildman–Crippen LogP) is 3.24. The molecule has 2 aromatic rings. The van der Waals surface area contributed by atoms with Crippen molar-refractivity contribution in [2.24, 2.45) is 5.92 Å². The Labute approximate surface area is 165 Å². The van der Waals surface area contributed by atoms with E-state index in [1.165, 1.54) is 18.4 Å². The minimum atomic E-state index is -0.00507. The third-order valence-corrected chi connectivity index (χ3v) is 6.60. The summed E-state index contributed by atoms with van der Waals surface area (Å²) < 4.78 is 11.5. The Hall–Kier alpha value is -2.53.